The summed E-state index contributed by atoms with van der Waals surface area (Å²) in [5.41, 5.74) is -1.20. The molecule has 1 saturated heterocycles. The van der Waals surface area contributed by atoms with E-state index in [2.05, 4.69) is 15.6 Å². The second-order valence-corrected chi connectivity index (χ2v) is 5.67. The Kier molecular flexibility index (Phi) is 4.79. The predicted molar refractivity (Wildman–Crippen MR) is 88.9 cm³/mol. The number of pyridine rings is 1. The quantitative estimate of drug-likeness (QED) is 0.876. The van der Waals surface area contributed by atoms with Crippen molar-refractivity contribution >= 4 is 23.3 Å². The third-order valence-corrected chi connectivity index (χ3v) is 3.85. The molecule has 0 spiro atoms. The van der Waals surface area contributed by atoms with Gasteiger partial charge in [-0.25, -0.2) is 4.98 Å². The minimum atomic E-state index is -4.62. The van der Waals surface area contributed by atoms with Gasteiger partial charge in [-0.1, -0.05) is 12.1 Å². The number of amides is 2. The number of nitrogens with one attached hydrogen (secondary N) is 2. The molecule has 3 rings (SSSR count). The summed E-state index contributed by atoms with van der Waals surface area (Å²) < 4.78 is 39.0. The van der Waals surface area contributed by atoms with E-state index in [1.54, 1.807) is 11.0 Å². The number of anilines is 2. The lowest BCUT2D eigenvalue weighted by molar-refractivity contribution is -0.137. The number of hydrogen-bond acceptors (Lipinski definition) is 4. The Morgan fingerprint density at radius 2 is 1.96 bits per heavy atom. The van der Waals surface area contributed by atoms with Gasteiger partial charge in [0, 0.05) is 13.1 Å². The molecule has 2 aromatic rings. The van der Waals surface area contributed by atoms with Gasteiger partial charge in [0.2, 0.25) is 5.91 Å². The minimum absolute atomic E-state index is 0.112. The van der Waals surface area contributed by atoms with Gasteiger partial charge < -0.3 is 15.5 Å². The van der Waals surface area contributed by atoms with Crippen molar-refractivity contribution in [2.45, 2.75) is 6.18 Å². The maximum Gasteiger partial charge on any atom is 0.417 e. The molecule has 0 radical (unpaired) electrons. The lowest BCUT2D eigenvalue weighted by Crippen LogP contribution is -2.48. The Morgan fingerprint density at radius 1 is 1.19 bits per heavy atom. The summed E-state index contributed by atoms with van der Waals surface area (Å²) in [6.07, 6.45) is -3.28. The first-order valence-electron chi connectivity index (χ1n) is 7.80. The lowest BCUT2D eigenvalue weighted by Gasteiger charge is -2.27. The van der Waals surface area contributed by atoms with Gasteiger partial charge in [-0.2, -0.15) is 13.2 Å². The van der Waals surface area contributed by atoms with E-state index in [0.717, 1.165) is 12.1 Å². The average Bonchev–Trinajstić information content (AvgIpc) is 2.61. The van der Waals surface area contributed by atoms with Gasteiger partial charge >= 0.3 is 6.18 Å². The Morgan fingerprint density at radius 3 is 2.62 bits per heavy atom. The van der Waals surface area contributed by atoms with E-state index in [1.807, 2.05) is 0 Å². The molecule has 1 aliphatic rings. The van der Waals surface area contributed by atoms with Crippen LogP contribution < -0.4 is 15.5 Å². The van der Waals surface area contributed by atoms with Gasteiger partial charge in [0.25, 0.3) is 5.91 Å². The molecule has 0 saturated carbocycles. The summed E-state index contributed by atoms with van der Waals surface area (Å²) in [5, 5.41) is 5.11. The van der Waals surface area contributed by atoms with E-state index >= 15 is 0 Å². The van der Waals surface area contributed by atoms with Gasteiger partial charge in [0.05, 0.1) is 29.6 Å². The maximum absolute atomic E-state index is 13.0. The van der Waals surface area contributed by atoms with Crippen molar-refractivity contribution in [3.63, 3.8) is 0 Å². The number of piperazine rings is 1. The summed E-state index contributed by atoms with van der Waals surface area (Å²) in [7, 11) is 0. The number of halogens is 3. The van der Waals surface area contributed by atoms with E-state index in [4.69, 9.17) is 0 Å². The largest absolute Gasteiger partial charge is 0.417 e. The van der Waals surface area contributed by atoms with Crippen molar-refractivity contribution in [3.05, 3.63) is 53.7 Å². The number of carbonyl (C=O) groups excluding carboxylic acids is 2. The Balaban J connectivity index is 1.74. The number of carbonyl (C=O) groups is 2. The average molecular weight is 364 g/mol. The van der Waals surface area contributed by atoms with Crippen LogP contribution in [0.15, 0.2) is 42.6 Å². The third-order valence-electron chi connectivity index (χ3n) is 3.85. The van der Waals surface area contributed by atoms with Crippen LogP contribution in [0.1, 0.15) is 15.9 Å². The van der Waals surface area contributed by atoms with Gasteiger partial charge in [-0.15, -0.1) is 0 Å². The molecule has 6 nitrogen and oxygen atoms in total. The zero-order chi connectivity index (χ0) is 18.7. The highest BCUT2D eigenvalue weighted by Gasteiger charge is 2.34. The Labute approximate surface area is 147 Å². The van der Waals surface area contributed by atoms with Crippen LogP contribution in [0.5, 0.6) is 0 Å². The number of aromatic nitrogens is 1. The van der Waals surface area contributed by atoms with Crippen molar-refractivity contribution in [1.82, 2.24) is 10.3 Å². The smallest absolute Gasteiger partial charge is 0.353 e. The van der Waals surface area contributed by atoms with Gasteiger partial charge in [-0.05, 0) is 24.3 Å². The molecule has 2 amide bonds. The Bertz CT molecular complexity index is 822. The predicted octanol–water partition coefficient (Wildman–Crippen LogP) is 2.29. The molecule has 0 bridgehead atoms. The van der Waals surface area contributed by atoms with Gasteiger partial charge in [-0.3, -0.25) is 9.59 Å². The molecular formula is C17H15F3N4O2. The van der Waals surface area contributed by atoms with Crippen molar-refractivity contribution in [2.75, 3.05) is 29.9 Å². The highest BCUT2D eigenvalue weighted by molar-refractivity contribution is 6.05. The number of rotatable bonds is 3. The second-order valence-electron chi connectivity index (χ2n) is 5.67. The van der Waals surface area contributed by atoms with E-state index in [0.29, 0.717) is 18.9 Å². The topological polar surface area (TPSA) is 74.3 Å². The molecule has 2 N–H and O–H groups in total. The second kappa shape index (κ2) is 7.03. The summed E-state index contributed by atoms with van der Waals surface area (Å²) >= 11 is 0. The molecular weight excluding hydrogens is 349 g/mol. The zero-order valence-electron chi connectivity index (χ0n) is 13.5. The fourth-order valence-corrected chi connectivity index (χ4v) is 2.61. The molecule has 9 heteroatoms. The molecule has 1 fully saturated rings. The van der Waals surface area contributed by atoms with Crippen LogP contribution >= 0.6 is 0 Å². The van der Waals surface area contributed by atoms with Crippen molar-refractivity contribution in [1.29, 1.82) is 0 Å². The van der Waals surface area contributed by atoms with Gasteiger partial charge in [0.15, 0.2) is 0 Å². The summed E-state index contributed by atoms with van der Waals surface area (Å²) in [5.74, 6) is -0.433. The molecule has 0 aliphatic carbocycles. The molecule has 1 aliphatic heterocycles. The third kappa shape index (κ3) is 3.93. The standard InChI is InChI=1S/C17H15F3N4O2/c18-17(19,20)13-4-2-1-3-12(13)16(26)23-11-5-6-14(22-9-11)24-8-7-21-15(25)10-24/h1-6,9H,7-8,10H2,(H,21,25)(H,23,26). The molecule has 0 atom stereocenters. The minimum Gasteiger partial charge on any atom is -0.353 e. The van der Waals surface area contributed by atoms with Crippen molar-refractivity contribution in [2.24, 2.45) is 0 Å². The molecule has 1 aromatic carbocycles. The van der Waals surface area contributed by atoms with E-state index in [9.17, 15) is 22.8 Å². The first-order valence-corrected chi connectivity index (χ1v) is 7.80. The number of hydrogen-bond donors (Lipinski definition) is 2. The lowest BCUT2D eigenvalue weighted by atomic mass is 10.1. The molecule has 136 valence electrons. The van der Waals surface area contributed by atoms with Crippen LogP contribution in [0.25, 0.3) is 0 Å². The fraction of sp³-hybridized carbons (Fsp3) is 0.235. The van der Waals surface area contributed by atoms with Crippen LogP contribution in [0.4, 0.5) is 24.7 Å². The summed E-state index contributed by atoms with van der Waals surface area (Å²) in [6.45, 7) is 1.29. The SMILES string of the molecule is O=C1CN(c2ccc(NC(=O)c3ccccc3C(F)(F)F)cn2)CCN1. The van der Waals surface area contributed by atoms with Crippen molar-refractivity contribution in [3.8, 4) is 0 Å². The van der Waals surface area contributed by atoms with Gasteiger partial charge in [0.1, 0.15) is 5.82 Å². The zero-order valence-corrected chi connectivity index (χ0v) is 13.5. The fourth-order valence-electron chi connectivity index (χ4n) is 2.61. The number of benzene rings is 1. The molecule has 2 heterocycles. The molecule has 0 unspecified atom stereocenters. The van der Waals surface area contributed by atoms with E-state index < -0.39 is 23.2 Å². The number of alkyl halides is 3. The molecule has 26 heavy (non-hydrogen) atoms. The Hall–Kier alpha value is -3.10. The summed E-state index contributed by atoms with van der Waals surface area (Å²) in [6, 6.07) is 7.70. The first kappa shape index (κ1) is 17.7. The summed E-state index contributed by atoms with van der Waals surface area (Å²) in [4.78, 5) is 29.5. The normalized spacial score (nSPS) is 14.7. The monoisotopic (exact) mass is 364 g/mol. The van der Waals surface area contributed by atoms with Crippen molar-refractivity contribution < 1.29 is 22.8 Å². The van der Waals surface area contributed by atoms with Crippen LogP contribution in [-0.4, -0.2) is 36.4 Å². The number of nitrogens with zero attached hydrogens (tertiary/aromatic N) is 2. The highest BCUT2D eigenvalue weighted by atomic mass is 19.4. The first-order chi connectivity index (χ1) is 12.3. The molecule has 1 aromatic heterocycles. The van der Waals surface area contributed by atoms with Crippen LogP contribution in [-0.2, 0) is 11.0 Å². The van der Waals surface area contributed by atoms with Crippen LogP contribution in [0, 0.1) is 0 Å². The van der Waals surface area contributed by atoms with E-state index in [-0.39, 0.29) is 18.1 Å². The van der Waals surface area contributed by atoms with Crippen LogP contribution in [0.3, 0.4) is 0 Å². The highest BCUT2D eigenvalue weighted by Crippen LogP contribution is 2.32. The maximum atomic E-state index is 13.0. The van der Waals surface area contributed by atoms with Crippen LogP contribution in [0.2, 0.25) is 0 Å². The van der Waals surface area contributed by atoms with E-state index in [1.165, 1.54) is 24.4 Å².